The Bertz CT molecular complexity index is 144. The largest absolute Gasteiger partial charge is 0.356 e. The lowest BCUT2D eigenvalue weighted by Gasteiger charge is -2.15. The Balaban J connectivity index is 3.63. The van der Waals surface area contributed by atoms with E-state index in [0.29, 0.717) is 18.2 Å². The molecule has 0 heterocycles. The van der Waals surface area contributed by atoms with Crippen LogP contribution in [0.15, 0.2) is 0 Å². The Morgan fingerprint density at radius 2 is 2.00 bits per heavy atom. The van der Waals surface area contributed by atoms with E-state index in [9.17, 15) is 4.79 Å². The van der Waals surface area contributed by atoms with Crippen LogP contribution in [0.5, 0.6) is 0 Å². The molecule has 3 heteroatoms. The molecule has 1 atom stereocenters. The molecule has 2 nitrogen and oxygen atoms in total. The van der Waals surface area contributed by atoms with Gasteiger partial charge in [-0.3, -0.25) is 4.79 Å². The third kappa shape index (κ3) is 7.19. The highest BCUT2D eigenvalue weighted by Gasteiger charge is 2.08. The van der Waals surface area contributed by atoms with E-state index in [1.54, 1.807) is 0 Å². The van der Waals surface area contributed by atoms with Crippen molar-refractivity contribution in [2.24, 2.45) is 5.92 Å². The van der Waals surface area contributed by atoms with Crippen LogP contribution >= 0.6 is 11.6 Å². The number of halogens is 1. The van der Waals surface area contributed by atoms with E-state index < -0.39 is 0 Å². The van der Waals surface area contributed by atoms with Crippen LogP contribution in [-0.2, 0) is 4.79 Å². The summed E-state index contributed by atoms with van der Waals surface area (Å²) in [6, 6.07) is 0. The van der Waals surface area contributed by atoms with Crippen LogP contribution in [0.4, 0.5) is 0 Å². The van der Waals surface area contributed by atoms with Gasteiger partial charge in [0.2, 0.25) is 5.91 Å². The van der Waals surface area contributed by atoms with Gasteiger partial charge < -0.3 is 5.32 Å². The summed E-state index contributed by atoms with van der Waals surface area (Å²) in [6.07, 6.45) is 4.87. The highest BCUT2D eigenvalue weighted by atomic mass is 35.5. The van der Waals surface area contributed by atoms with Crippen LogP contribution in [-0.4, -0.2) is 18.3 Å². The molecule has 0 spiro atoms. The van der Waals surface area contributed by atoms with Crippen LogP contribution in [0.3, 0.4) is 0 Å². The van der Waals surface area contributed by atoms with Crippen LogP contribution in [0, 0.1) is 5.92 Å². The van der Waals surface area contributed by atoms with Gasteiger partial charge in [0, 0.05) is 18.8 Å². The van der Waals surface area contributed by atoms with Crippen molar-refractivity contribution in [2.75, 3.05) is 12.4 Å². The van der Waals surface area contributed by atoms with Gasteiger partial charge in [0.15, 0.2) is 0 Å². The maximum Gasteiger partial charge on any atom is 0.219 e. The summed E-state index contributed by atoms with van der Waals surface area (Å²) < 4.78 is 0. The van der Waals surface area contributed by atoms with Gasteiger partial charge in [-0.2, -0.15) is 0 Å². The maximum absolute atomic E-state index is 11.2. The van der Waals surface area contributed by atoms with Gasteiger partial charge in [-0.1, -0.05) is 20.3 Å². The van der Waals surface area contributed by atoms with Crippen LogP contribution in [0.2, 0.25) is 0 Å². The first-order chi connectivity index (χ1) is 6.74. The lowest BCUT2D eigenvalue weighted by atomic mass is 10.0. The van der Waals surface area contributed by atoms with Gasteiger partial charge in [0.25, 0.3) is 0 Å². The second kappa shape index (κ2) is 9.32. The van der Waals surface area contributed by atoms with Gasteiger partial charge in [-0.15, -0.1) is 11.6 Å². The van der Waals surface area contributed by atoms with Crippen molar-refractivity contribution < 1.29 is 4.79 Å². The standard InChI is InChI=1S/C11H22ClNO/c1-3-5-10(7-8-12)9-13-11(14)6-4-2/h10H,3-9H2,1-2H3,(H,13,14). The molecule has 0 aromatic rings. The number of hydrogen-bond acceptors (Lipinski definition) is 1. The molecule has 1 amide bonds. The molecular formula is C11H22ClNO. The third-order valence-corrected chi connectivity index (χ3v) is 2.50. The van der Waals surface area contributed by atoms with Crippen LogP contribution < -0.4 is 5.32 Å². The summed E-state index contributed by atoms with van der Waals surface area (Å²) in [7, 11) is 0. The fourth-order valence-electron chi connectivity index (χ4n) is 1.48. The van der Waals surface area contributed by atoms with Crippen LogP contribution in [0.25, 0.3) is 0 Å². The summed E-state index contributed by atoms with van der Waals surface area (Å²) in [5.41, 5.74) is 0. The molecule has 0 aliphatic carbocycles. The van der Waals surface area contributed by atoms with E-state index in [1.807, 2.05) is 6.92 Å². The number of carbonyl (C=O) groups is 1. The number of alkyl halides is 1. The zero-order valence-electron chi connectivity index (χ0n) is 9.31. The number of nitrogens with one attached hydrogen (secondary N) is 1. The Hall–Kier alpha value is -0.240. The van der Waals surface area contributed by atoms with E-state index in [1.165, 1.54) is 0 Å². The van der Waals surface area contributed by atoms with Gasteiger partial charge in [-0.25, -0.2) is 0 Å². The van der Waals surface area contributed by atoms with Crippen molar-refractivity contribution in [3.8, 4) is 0 Å². The Labute approximate surface area is 92.4 Å². The minimum Gasteiger partial charge on any atom is -0.356 e. The Kier molecular flexibility index (Phi) is 9.16. The molecule has 84 valence electrons. The molecule has 1 N–H and O–H groups in total. The number of amides is 1. The average molecular weight is 220 g/mol. The molecule has 0 rings (SSSR count). The van der Waals surface area contributed by atoms with E-state index in [-0.39, 0.29) is 5.91 Å². The summed E-state index contributed by atoms with van der Waals surface area (Å²) >= 11 is 5.70. The highest BCUT2D eigenvalue weighted by Crippen LogP contribution is 2.10. The summed E-state index contributed by atoms with van der Waals surface area (Å²) in [5, 5.41) is 2.96. The van der Waals surface area contributed by atoms with Gasteiger partial charge in [0.1, 0.15) is 0 Å². The zero-order valence-corrected chi connectivity index (χ0v) is 10.1. The van der Waals surface area contributed by atoms with E-state index in [0.717, 1.165) is 32.2 Å². The van der Waals surface area contributed by atoms with Gasteiger partial charge >= 0.3 is 0 Å². The first kappa shape index (κ1) is 13.8. The molecule has 0 radical (unpaired) electrons. The first-order valence-electron chi connectivity index (χ1n) is 5.57. The second-order valence-electron chi connectivity index (χ2n) is 3.69. The molecule has 1 unspecified atom stereocenters. The zero-order chi connectivity index (χ0) is 10.8. The molecule has 0 aromatic carbocycles. The average Bonchev–Trinajstić information content (AvgIpc) is 2.15. The van der Waals surface area contributed by atoms with Crippen molar-refractivity contribution in [2.45, 2.75) is 46.0 Å². The minimum atomic E-state index is 0.170. The number of rotatable bonds is 8. The molecule has 14 heavy (non-hydrogen) atoms. The smallest absolute Gasteiger partial charge is 0.219 e. The lowest BCUT2D eigenvalue weighted by molar-refractivity contribution is -0.121. The molecule has 0 aromatic heterocycles. The molecule has 0 bridgehead atoms. The fourth-order valence-corrected chi connectivity index (χ4v) is 1.79. The third-order valence-electron chi connectivity index (χ3n) is 2.28. The maximum atomic E-state index is 11.2. The van der Waals surface area contributed by atoms with E-state index >= 15 is 0 Å². The summed E-state index contributed by atoms with van der Waals surface area (Å²) in [4.78, 5) is 11.2. The van der Waals surface area contributed by atoms with E-state index in [4.69, 9.17) is 11.6 Å². The van der Waals surface area contributed by atoms with Crippen molar-refractivity contribution in [1.82, 2.24) is 5.32 Å². The van der Waals surface area contributed by atoms with Crippen molar-refractivity contribution >= 4 is 17.5 Å². The van der Waals surface area contributed by atoms with Crippen molar-refractivity contribution in [3.63, 3.8) is 0 Å². The van der Waals surface area contributed by atoms with E-state index in [2.05, 4.69) is 12.2 Å². The predicted octanol–water partition coefficient (Wildman–Crippen LogP) is 2.95. The SMILES string of the molecule is CCCC(=O)NCC(CCC)CCCl. The molecule has 0 saturated heterocycles. The topological polar surface area (TPSA) is 29.1 Å². The Morgan fingerprint density at radius 1 is 1.29 bits per heavy atom. The lowest BCUT2D eigenvalue weighted by Crippen LogP contribution is -2.29. The molecule has 0 saturated carbocycles. The summed E-state index contributed by atoms with van der Waals surface area (Å²) in [6.45, 7) is 4.97. The molecule has 0 fully saturated rings. The molecule has 0 aliphatic rings. The quantitative estimate of drug-likeness (QED) is 0.625. The fraction of sp³-hybridized carbons (Fsp3) is 0.909. The number of hydrogen-bond donors (Lipinski definition) is 1. The van der Waals surface area contributed by atoms with Crippen LogP contribution in [0.1, 0.15) is 46.0 Å². The van der Waals surface area contributed by atoms with Crippen molar-refractivity contribution in [3.05, 3.63) is 0 Å². The normalized spacial score (nSPS) is 12.5. The van der Waals surface area contributed by atoms with Crippen molar-refractivity contribution in [1.29, 1.82) is 0 Å². The van der Waals surface area contributed by atoms with Gasteiger partial charge in [-0.05, 0) is 25.2 Å². The first-order valence-corrected chi connectivity index (χ1v) is 6.10. The predicted molar refractivity (Wildman–Crippen MR) is 61.7 cm³/mol. The molecule has 0 aliphatic heterocycles. The Morgan fingerprint density at radius 3 is 2.50 bits per heavy atom. The highest BCUT2D eigenvalue weighted by molar-refractivity contribution is 6.17. The summed E-state index contributed by atoms with van der Waals surface area (Å²) in [5.74, 6) is 1.41. The second-order valence-corrected chi connectivity index (χ2v) is 4.06. The monoisotopic (exact) mass is 219 g/mol. The minimum absolute atomic E-state index is 0.170. The van der Waals surface area contributed by atoms with Gasteiger partial charge in [0.05, 0.1) is 0 Å². The molecular weight excluding hydrogens is 198 g/mol. The number of carbonyl (C=O) groups excluding carboxylic acids is 1.